The average molecular weight is 394 g/mol. The molecule has 0 aliphatic rings. The highest BCUT2D eigenvalue weighted by Gasteiger charge is 2.13. The Balaban J connectivity index is 1.85. The molecule has 0 bridgehead atoms. The smallest absolute Gasteiger partial charge is 0.404 e. The van der Waals surface area contributed by atoms with Crippen LogP contribution in [-0.4, -0.2) is 41.2 Å². The summed E-state index contributed by atoms with van der Waals surface area (Å²) < 4.78 is 17.1. The van der Waals surface area contributed by atoms with Crippen molar-refractivity contribution in [3.8, 4) is 28.6 Å². The number of hydrogen-bond donors (Lipinski definition) is 1. The minimum absolute atomic E-state index is 0.0935. The van der Waals surface area contributed by atoms with Crippen molar-refractivity contribution < 1.29 is 19.0 Å². The van der Waals surface area contributed by atoms with Crippen LogP contribution in [0.25, 0.3) is 22.5 Å². The summed E-state index contributed by atoms with van der Waals surface area (Å²) in [5.41, 5.74) is 9.20. The van der Waals surface area contributed by atoms with Crippen molar-refractivity contribution in [1.82, 2.24) is 14.8 Å². The molecule has 0 spiro atoms. The normalized spacial score (nSPS) is 10.4. The summed E-state index contributed by atoms with van der Waals surface area (Å²) in [6.45, 7) is 6.21. The SMILES string of the molecule is C=C(C)c1cc(-c2ccc(OCCOC(N)=O)cc2)n(-c2ccc(OC)nc2)n1. The van der Waals surface area contributed by atoms with Gasteiger partial charge in [0, 0.05) is 11.6 Å². The number of allylic oxidation sites excluding steroid dienone is 1. The molecule has 0 unspecified atom stereocenters. The number of nitrogens with zero attached hydrogens (tertiary/aromatic N) is 3. The Morgan fingerprint density at radius 1 is 1.17 bits per heavy atom. The molecule has 0 atom stereocenters. The van der Waals surface area contributed by atoms with E-state index >= 15 is 0 Å². The zero-order chi connectivity index (χ0) is 20.8. The van der Waals surface area contributed by atoms with E-state index in [9.17, 15) is 4.79 Å². The van der Waals surface area contributed by atoms with Crippen LogP contribution in [0, 0.1) is 0 Å². The van der Waals surface area contributed by atoms with Gasteiger partial charge in [-0.2, -0.15) is 5.10 Å². The Hall–Kier alpha value is -3.81. The van der Waals surface area contributed by atoms with Crippen LogP contribution in [0.1, 0.15) is 12.6 Å². The number of ether oxygens (including phenoxy) is 3. The molecule has 1 aromatic carbocycles. The molecular weight excluding hydrogens is 372 g/mol. The predicted octanol–water partition coefficient (Wildman–Crippen LogP) is 3.45. The fourth-order valence-corrected chi connectivity index (χ4v) is 2.63. The van der Waals surface area contributed by atoms with E-state index in [-0.39, 0.29) is 13.2 Å². The first-order chi connectivity index (χ1) is 14.0. The van der Waals surface area contributed by atoms with E-state index in [0.29, 0.717) is 11.6 Å². The van der Waals surface area contributed by atoms with E-state index in [1.54, 1.807) is 19.4 Å². The summed E-state index contributed by atoms with van der Waals surface area (Å²) >= 11 is 0. The first-order valence-corrected chi connectivity index (χ1v) is 8.90. The van der Waals surface area contributed by atoms with Gasteiger partial charge in [-0.05, 0) is 48.9 Å². The number of amides is 1. The van der Waals surface area contributed by atoms with Gasteiger partial charge in [-0.3, -0.25) is 0 Å². The molecule has 8 nitrogen and oxygen atoms in total. The molecule has 0 fully saturated rings. The summed E-state index contributed by atoms with van der Waals surface area (Å²) in [6, 6.07) is 13.2. The van der Waals surface area contributed by atoms with Gasteiger partial charge in [-0.1, -0.05) is 6.58 Å². The highest BCUT2D eigenvalue weighted by molar-refractivity contribution is 5.69. The molecule has 2 N–H and O–H groups in total. The Morgan fingerprint density at radius 2 is 1.93 bits per heavy atom. The van der Waals surface area contributed by atoms with Crippen LogP contribution in [0.15, 0.2) is 55.2 Å². The van der Waals surface area contributed by atoms with Gasteiger partial charge < -0.3 is 19.9 Å². The van der Waals surface area contributed by atoms with Gasteiger partial charge in [0.2, 0.25) is 5.88 Å². The monoisotopic (exact) mass is 394 g/mol. The molecular formula is C21H22N4O4. The van der Waals surface area contributed by atoms with Gasteiger partial charge in [-0.25, -0.2) is 14.5 Å². The number of rotatable bonds is 8. The molecule has 150 valence electrons. The van der Waals surface area contributed by atoms with Crippen molar-refractivity contribution in [3.63, 3.8) is 0 Å². The van der Waals surface area contributed by atoms with Crippen molar-refractivity contribution in [2.45, 2.75) is 6.92 Å². The van der Waals surface area contributed by atoms with Gasteiger partial charge in [0.05, 0.1) is 30.4 Å². The Bertz CT molecular complexity index is 995. The molecule has 0 saturated carbocycles. The van der Waals surface area contributed by atoms with E-state index in [0.717, 1.165) is 28.2 Å². The van der Waals surface area contributed by atoms with E-state index in [4.69, 9.17) is 15.2 Å². The third-order valence-electron chi connectivity index (χ3n) is 4.07. The second-order valence-electron chi connectivity index (χ2n) is 6.21. The summed E-state index contributed by atoms with van der Waals surface area (Å²) in [6.07, 6.45) is 0.881. The van der Waals surface area contributed by atoms with Crippen LogP contribution in [0.2, 0.25) is 0 Å². The van der Waals surface area contributed by atoms with Crippen LogP contribution >= 0.6 is 0 Å². The average Bonchev–Trinajstić information content (AvgIpc) is 3.17. The lowest BCUT2D eigenvalue weighted by Gasteiger charge is -2.09. The quantitative estimate of drug-likeness (QED) is 0.587. The molecule has 8 heteroatoms. The van der Waals surface area contributed by atoms with Crippen molar-refractivity contribution in [2.75, 3.05) is 20.3 Å². The Morgan fingerprint density at radius 3 is 2.52 bits per heavy atom. The number of hydrogen-bond acceptors (Lipinski definition) is 6. The number of aromatic nitrogens is 3. The largest absolute Gasteiger partial charge is 0.490 e. The van der Waals surface area contributed by atoms with E-state index in [2.05, 4.69) is 21.4 Å². The van der Waals surface area contributed by atoms with Crippen molar-refractivity contribution in [2.24, 2.45) is 5.73 Å². The van der Waals surface area contributed by atoms with E-state index in [1.807, 2.05) is 48.0 Å². The second-order valence-corrected chi connectivity index (χ2v) is 6.21. The number of primary amides is 1. The first kappa shape index (κ1) is 19.9. The molecule has 0 aliphatic carbocycles. The molecule has 0 aliphatic heterocycles. The standard InChI is InChI=1S/C21H22N4O4/c1-14(2)18-12-19(25(24-18)16-6-9-20(27-3)23-13-16)15-4-7-17(8-5-15)28-10-11-29-21(22)26/h4-9,12-13H,1,10-11H2,2-3H3,(H2,22,26). The summed E-state index contributed by atoms with van der Waals surface area (Å²) in [5.74, 6) is 1.18. The summed E-state index contributed by atoms with van der Waals surface area (Å²) in [4.78, 5) is 14.8. The van der Waals surface area contributed by atoms with Gasteiger partial charge in [0.1, 0.15) is 19.0 Å². The molecule has 1 amide bonds. The summed E-state index contributed by atoms with van der Waals surface area (Å²) in [5, 5.41) is 4.66. The number of benzene rings is 1. The summed E-state index contributed by atoms with van der Waals surface area (Å²) in [7, 11) is 1.57. The lowest BCUT2D eigenvalue weighted by atomic mass is 10.1. The minimum Gasteiger partial charge on any atom is -0.490 e. The highest BCUT2D eigenvalue weighted by Crippen LogP contribution is 2.28. The van der Waals surface area contributed by atoms with Crippen LogP contribution < -0.4 is 15.2 Å². The fourth-order valence-electron chi connectivity index (χ4n) is 2.63. The molecule has 2 aromatic heterocycles. The fraction of sp³-hybridized carbons (Fsp3) is 0.190. The number of nitrogens with two attached hydrogens (primary N) is 1. The maximum absolute atomic E-state index is 10.6. The van der Waals surface area contributed by atoms with Crippen LogP contribution in [0.5, 0.6) is 11.6 Å². The number of carbonyl (C=O) groups excluding carboxylic acids is 1. The van der Waals surface area contributed by atoms with Gasteiger partial charge in [0.15, 0.2) is 0 Å². The van der Waals surface area contributed by atoms with E-state index in [1.165, 1.54) is 0 Å². The van der Waals surface area contributed by atoms with Crippen molar-refractivity contribution >= 4 is 11.7 Å². The van der Waals surface area contributed by atoms with Crippen LogP contribution in [0.3, 0.4) is 0 Å². The zero-order valence-corrected chi connectivity index (χ0v) is 16.3. The zero-order valence-electron chi connectivity index (χ0n) is 16.3. The van der Waals surface area contributed by atoms with Gasteiger partial charge in [0.25, 0.3) is 0 Å². The topological polar surface area (TPSA) is 101 Å². The van der Waals surface area contributed by atoms with Crippen molar-refractivity contribution in [1.29, 1.82) is 0 Å². The molecule has 3 aromatic rings. The number of pyridine rings is 1. The van der Waals surface area contributed by atoms with Crippen LogP contribution in [-0.2, 0) is 4.74 Å². The minimum atomic E-state index is -0.821. The second kappa shape index (κ2) is 8.92. The number of carbonyl (C=O) groups is 1. The maximum Gasteiger partial charge on any atom is 0.404 e. The predicted molar refractivity (Wildman–Crippen MR) is 109 cm³/mol. The van der Waals surface area contributed by atoms with Gasteiger partial charge in [-0.15, -0.1) is 0 Å². The lowest BCUT2D eigenvalue weighted by molar-refractivity contribution is 0.134. The molecule has 3 rings (SSSR count). The molecule has 29 heavy (non-hydrogen) atoms. The van der Waals surface area contributed by atoms with Gasteiger partial charge >= 0.3 is 6.09 Å². The third-order valence-corrected chi connectivity index (χ3v) is 4.07. The molecule has 0 saturated heterocycles. The third kappa shape index (κ3) is 4.92. The van der Waals surface area contributed by atoms with Crippen LogP contribution in [0.4, 0.5) is 4.79 Å². The lowest BCUT2D eigenvalue weighted by Crippen LogP contribution is -2.17. The number of methoxy groups -OCH3 is 1. The maximum atomic E-state index is 10.6. The first-order valence-electron chi connectivity index (χ1n) is 8.90. The Kier molecular flexibility index (Phi) is 6.13. The molecule has 0 radical (unpaired) electrons. The van der Waals surface area contributed by atoms with E-state index < -0.39 is 6.09 Å². The molecule has 2 heterocycles. The highest BCUT2D eigenvalue weighted by atomic mass is 16.6. The Labute approximate surface area is 168 Å². The van der Waals surface area contributed by atoms with Crippen molar-refractivity contribution in [3.05, 3.63) is 60.9 Å².